The summed E-state index contributed by atoms with van der Waals surface area (Å²) in [5.74, 6) is -0.376. The van der Waals surface area contributed by atoms with Crippen molar-refractivity contribution in [3.05, 3.63) is 59.1 Å². The van der Waals surface area contributed by atoms with Gasteiger partial charge in [0, 0.05) is 16.7 Å². The molecule has 0 aromatic heterocycles. The molecule has 1 N–H and O–H groups in total. The minimum absolute atomic E-state index is 0.162. The minimum atomic E-state index is -3.70. The Morgan fingerprint density at radius 2 is 1.70 bits per heavy atom. The third-order valence-electron chi connectivity index (χ3n) is 3.18. The second kappa shape index (κ2) is 7.72. The van der Waals surface area contributed by atoms with E-state index in [1.165, 1.54) is 12.1 Å². The third-order valence-corrected chi connectivity index (χ3v) is 5.65. The number of para-hydroxylation sites is 1. The Morgan fingerprint density at radius 3 is 2.26 bits per heavy atom. The lowest BCUT2D eigenvalue weighted by atomic mass is 10.3. The van der Waals surface area contributed by atoms with Crippen molar-refractivity contribution in [3.63, 3.8) is 0 Å². The van der Waals surface area contributed by atoms with E-state index in [2.05, 4.69) is 21.2 Å². The van der Waals surface area contributed by atoms with Gasteiger partial charge >= 0.3 is 0 Å². The molecule has 0 saturated heterocycles. The number of rotatable bonds is 6. The van der Waals surface area contributed by atoms with Crippen LogP contribution in [0.4, 0.5) is 5.69 Å². The molecular formula is C16H17BrN2O3S. The van der Waals surface area contributed by atoms with Gasteiger partial charge in [0.25, 0.3) is 0 Å². The summed E-state index contributed by atoms with van der Waals surface area (Å²) in [5, 5.41) is 2.69. The van der Waals surface area contributed by atoms with Crippen molar-refractivity contribution in [2.45, 2.75) is 11.8 Å². The molecule has 0 fully saturated rings. The predicted octanol–water partition coefficient (Wildman–Crippen LogP) is 3.10. The van der Waals surface area contributed by atoms with Gasteiger partial charge in [-0.05, 0) is 36.4 Å². The highest BCUT2D eigenvalue weighted by atomic mass is 79.9. The number of carbonyl (C=O) groups is 1. The fourth-order valence-corrected chi connectivity index (χ4v) is 3.67. The zero-order chi connectivity index (χ0) is 16.9. The summed E-state index contributed by atoms with van der Waals surface area (Å²) in [6.45, 7) is 1.68. The summed E-state index contributed by atoms with van der Waals surface area (Å²) in [6.07, 6.45) is 0. The van der Waals surface area contributed by atoms with E-state index >= 15 is 0 Å². The maximum Gasteiger partial charge on any atom is 0.243 e. The first kappa shape index (κ1) is 17.7. The van der Waals surface area contributed by atoms with Gasteiger partial charge in [-0.3, -0.25) is 4.79 Å². The van der Waals surface area contributed by atoms with E-state index in [1.54, 1.807) is 43.3 Å². The van der Waals surface area contributed by atoms with Crippen LogP contribution in [0.2, 0.25) is 0 Å². The van der Waals surface area contributed by atoms with Crippen molar-refractivity contribution in [2.75, 3.05) is 18.4 Å². The van der Waals surface area contributed by atoms with Crippen molar-refractivity contribution in [3.8, 4) is 0 Å². The molecule has 0 bridgehead atoms. The number of nitrogens with zero attached hydrogens (tertiary/aromatic N) is 1. The van der Waals surface area contributed by atoms with Crippen LogP contribution >= 0.6 is 15.9 Å². The lowest BCUT2D eigenvalue weighted by Crippen LogP contribution is -2.37. The Balaban J connectivity index is 2.12. The molecule has 7 heteroatoms. The molecule has 0 heterocycles. The quantitative estimate of drug-likeness (QED) is 0.815. The van der Waals surface area contributed by atoms with Crippen molar-refractivity contribution < 1.29 is 13.2 Å². The lowest BCUT2D eigenvalue weighted by Gasteiger charge is -2.20. The number of likely N-dealkylation sites (N-methyl/N-ethyl adjacent to an activating group) is 1. The summed E-state index contributed by atoms with van der Waals surface area (Å²) < 4.78 is 27.1. The van der Waals surface area contributed by atoms with Crippen LogP contribution in [0.15, 0.2) is 64.0 Å². The molecule has 5 nitrogen and oxygen atoms in total. The van der Waals surface area contributed by atoms with Crippen LogP contribution < -0.4 is 5.32 Å². The Labute approximate surface area is 144 Å². The highest BCUT2D eigenvalue weighted by molar-refractivity contribution is 9.10. The second-order valence-corrected chi connectivity index (χ2v) is 7.65. The Hall–Kier alpha value is -1.70. The number of amides is 1. The zero-order valence-electron chi connectivity index (χ0n) is 12.6. The van der Waals surface area contributed by atoms with Crippen LogP contribution in [-0.2, 0) is 14.8 Å². The molecule has 1 amide bonds. The van der Waals surface area contributed by atoms with Crippen LogP contribution in [-0.4, -0.2) is 31.7 Å². The summed E-state index contributed by atoms with van der Waals surface area (Å²) >= 11 is 3.27. The number of hydrogen-bond donors (Lipinski definition) is 1. The van der Waals surface area contributed by atoms with E-state index in [0.717, 1.165) is 8.78 Å². The smallest absolute Gasteiger partial charge is 0.243 e. The molecule has 2 aromatic rings. The fraction of sp³-hybridized carbons (Fsp3) is 0.188. The molecule has 0 atom stereocenters. The van der Waals surface area contributed by atoms with Crippen LogP contribution in [0.25, 0.3) is 0 Å². The normalized spacial score (nSPS) is 11.4. The Bertz CT molecular complexity index is 762. The summed E-state index contributed by atoms with van der Waals surface area (Å²) in [6, 6.07) is 15.3. The van der Waals surface area contributed by atoms with E-state index in [4.69, 9.17) is 0 Å². The first-order chi connectivity index (χ1) is 10.9. The number of sulfonamides is 1. The van der Waals surface area contributed by atoms with E-state index in [1.807, 2.05) is 6.07 Å². The molecule has 0 spiro atoms. The number of halogens is 1. The van der Waals surface area contributed by atoms with E-state index in [9.17, 15) is 13.2 Å². The molecule has 0 radical (unpaired) electrons. The van der Waals surface area contributed by atoms with Gasteiger partial charge in [-0.1, -0.05) is 41.1 Å². The van der Waals surface area contributed by atoms with Crippen LogP contribution in [0.3, 0.4) is 0 Å². The monoisotopic (exact) mass is 396 g/mol. The standard InChI is InChI=1S/C16H17BrN2O3S/c1-2-19(12-16(20)18-14-6-4-3-5-7-14)23(21,22)15-10-8-13(17)9-11-15/h3-11H,2,12H2,1H3,(H,18,20). The number of nitrogens with one attached hydrogen (secondary N) is 1. The molecule has 122 valence electrons. The number of benzene rings is 2. The zero-order valence-corrected chi connectivity index (χ0v) is 15.0. The van der Waals surface area contributed by atoms with Crippen LogP contribution in [0.1, 0.15) is 6.92 Å². The van der Waals surface area contributed by atoms with Gasteiger partial charge in [0.05, 0.1) is 11.4 Å². The van der Waals surface area contributed by atoms with E-state index in [-0.39, 0.29) is 23.9 Å². The highest BCUT2D eigenvalue weighted by Gasteiger charge is 2.25. The first-order valence-electron chi connectivity index (χ1n) is 7.04. The maximum atomic E-state index is 12.6. The number of carbonyl (C=O) groups excluding carboxylic acids is 1. The third kappa shape index (κ3) is 4.63. The molecular weight excluding hydrogens is 380 g/mol. The van der Waals surface area contributed by atoms with Gasteiger partial charge in [-0.25, -0.2) is 8.42 Å². The molecule has 0 aliphatic heterocycles. The Morgan fingerprint density at radius 1 is 1.09 bits per heavy atom. The van der Waals surface area contributed by atoms with Gasteiger partial charge in [0.1, 0.15) is 0 Å². The number of anilines is 1. The summed E-state index contributed by atoms with van der Waals surface area (Å²) in [7, 11) is -3.70. The van der Waals surface area contributed by atoms with Gasteiger partial charge < -0.3 is 5.32 Å². The summed E-state index contributed by atoms with van der Waals surface area (Å²) in [5.41, 5.74) is 0.634. The molecule has 2 rings (SSSR count). The molecule has 0 aliphatic carbocycles. The largest absolute Gasteiger partial charge is 0.325 e. The van der Waals surface area contributed by atoms with Crippen LogP contribution in [0.5, 0.6) is 0 Å². The molecule has 0 saturated carbocycles. The molecule has 23 heavy (non-hydrogen) atoms. The second-order valence-electron chi connectivity index (χ2n) is 4.80. The van der Waals surface area contributed by atoms with Gasteiger partial charge in [0.2, 0.25) is 15.9 Å². The van der Waals surface area contributed by atoms with Crippen molar-refractivity contribution in [2.24, 2.45) is 0 Å². The van der Waals surface area contributed by atoms with Crippen molar-refractivity contribution in [1.29, 1.82) is 0 Å². The van der Waals surface area contributed by atoms with Gasteiger partial charge in [-0.2, -0.15) is 4.31 Å². The fourth-order valence-electron chi connectivity index (χ4n) is 2.00. The molecule has 0 aliphatic rings. The maximum absolute atomic E-state index is 12.6. The van der Waals surface area contributed by atoms with Gasteiger partial charge in [0.15, 0.2) is 0 Å². The van der Waals surface area contributed by atoms with Crippen LogP contribution in [0, 0.1) is 0 Å². The molecule has 2 aromatic carbocycles. The Kier molecular flexibility index (Phi) is 5.92. The SMILES string of the molecule is CCN(CC(=O)Nc1ccccc1)S(=O)(=O)c1ccc(Br)cc1. The number of hydrogen-bond acceptors (Lipinski definition) is 3. The van der Waals surface area contributed by atoms with Crippen molar-refractivity contribution in [1.82, 2.24) is 4.31 Å². The average Bonchev–Trinajstić information content (AvgIpc) is 2.53. The predicted molar refractivity (Wildman–Crippen MR) is 93.6 cm³/mol. The van der Waals surface area contributed by atoms with E-state index in [0.29, 0.717) is 5.69 Å². The minimum Gasteiger partial charge on any atom is -0.325 e. The van der Waals surface area contributed by atoms with Gasteiger partial charge in [-0.15, -0.1) is 0 Å². The molecule has 0 unspecified atom stereocenters. The van der Waals surface area contributed by atoms with Crippen molar-refractivity contribution >= 4 is 37.5 Å². The topological polar surface area (TPSA) is 66.5 Å². The van der Waals surface area contributed by atoms with E-state index < -0.39 is 10.0 Å². The summed E-state index contributed by atoms with van der Waals surface area (Å²) in [4.78, 5) is 12.3. The lowest BCUT2D eigenvalue weighted by molar-refractivity contribution is -0.116. The average molecular weight is 397 g/mol. The first-order valence-corrected chi connectivity index (χ1v) is 9.27. The highest BCUT2D eigenvalue weighted by Crippen LogP contribution is 2.18.